The van der Waals surface area contributed by atoms with Crippen molar-refractivity contribution in [2.24, 2.45) is 5.73 Å². The second-order valence-corrected chi connectivity index (χ2v) is 4.17. The number of aliphatic hydroxyl groups is 1. The van der Waals surface area contributed by atoms with Gasteiger partial charge in [0.15, 0.2) is 5.82 Å². The van der Waals surface area contributed by atoms with Crippen molar-refractivity contribution in [1.29, 1.82) is 0 Å². The van der Waals surface area contributed by atoms with Crippen LogP contribution in [0.1, 0.15) is 12.5 Å². The minimum Gasteiger partial charge on any atom is -0.395 e. The predicted octanol–water partition coefficient (Wildman–Crippen LogP) is -0.129. The molecule has 1 unspecified atom stereocenters. The third-order valence-corrected chi connectivity index (χ3v) is 2.90. The Bertz CT molecular complexity index is 461. The minimum atomic E-state index is -0.450. The van der Waals surface area contributed by atoms with E-state index in [1.165, 1.54) is 6.33 Å². The predicted molar refractivity (Wildman–Crippen MR) is 62.6 cm³/mol. The van der Waals surface area contributed by atoms with Crippen LogP contribution < -0.4 is 5.73 Å². The first-order valence-electron chi connectivity index (χ1n) is 5.32. The maximum absolute atomic E-state index is 9.36. The molecule has 6 nitrogen and oxygen atoms in total. The molecule has 2 heterocycles. The van der Waals surface area contributed by atoms with E-state index in [-0.39, 0.29) is 6.61 Å². The molecule has 6 heteroatoms. The molecule has 0 spiro atoms. The fourth-order valence-electron chi connectivity index (χ4n) is 1.48. The maximum atomic E-state index is 9.36. The van der Waals surface area contributed by atoms with Gasteiger partial charge in [-0.05, 0) is 11.6 Å². The molecule has 0 fully saturated rings. The van der Waals surface area contributed by atoms with Gasteiger partial charge in [0, 0.05) is 18.2 Å². The van der Waals surface area contributed by atoms with E-state index < -0.39 is 5.41 Å². The van der Waals surface area contributed by atoms with Gasteiger partial charge in [-0.25, -0.2) is 14.6 Å². The van der Waals surface area contributed by atoms with Gasteiger partial charge in [-0.3, -0.25) is 0 Å². The molecular formula is C11H15N5O. The summed E-state index contributed by atoms with van der Waals surface area (Å²) in [7, 11) is 0. The highest BCUT2D eigenvalue weighted by molar-refractivity contribution is 5.29. The Morgan fingerprint density at radius 1 is 1.47 bits per heavy atom. The molecule has 1 atom stereocenters. The molecule has 0 radical (unpaired) electrons. The lowest BCUT2D eigenvalue weighted by Gasteiger charge is -2.25. The van der Waals surface area contributed by atoms with Gasteiger partial charge in [0.1, 0.15) is 12.7 Å². The van der Waals surface area contributed by atoms with Crippen LogP contribution in [0.4, 0.5) is 0 Å². The van der Waals surface area contributed by atoms with Crippen molar-refractivity contribution in [3.63, 3.8) is 0 Å². The van der Waals surface area contributed by atoms with Crippen LogP contribution in [0.2, 0.25) is 0 Å². The van der Waals surface area contributed by atoms with E-state index in [2.05, 4.69) is 15.1 Å². The highest BCUT2D eigenvalue weighted by Gasteiger charge is 2.24. The first-order chi connectivity index (χ1) is 8.19. The van der Waals surface area contributed by atoms with E-state index in [9.17, 15) is 5.11 Å². The molecule has 0 aromatic carbocycles. The second kappa shape index (κ2) is 4.60. The number of rotatable bonds is 4. The third-order valence-electron chi connectivity index (χ3n) is 2.90. The Balaban J connectivity index is 2.30. The van der Waals surface area contributed by atoms with E-state index in [0.29, 0.717) is 12.4 Å². The molecule has 2 aromatic heterocycles. The smallest absolute Gasteiger partial charge is 0.155 e. The Labute approximate surface area is 99.1 Å². The molecular weight excluding hydrogens is 218 g/mol. The van der Waals surface area contributed by atoms with Gasteiger partial charge < -0.3 is 10.8 Å². The lowest BCUT2D eigenvalue weighted by atomic mass is 9.84. The maximum Gasteiger partial charge on any atom is 0.155 e. The number of nitrogens with zero attached hydrogens (tertiary/aromatic N) is 4. The van der Waals surface area contributed by atoms with Gasteiger partial charge in [0.05, 0.1) is 6.61 Å². The first kappa shape index (κ1) is 11.7. The van der Waals surface area contributed by atoms with Crippen molar-refractivity contribution in [1.82, 2.24) is 19.7 Å². The van der Waals surface area contributed by atoms with Crippen molar-refractivity contribution in [3.8, 4) is 5.82 Å². The zero-order valence-corrected chi connectivity index (χ0v) is 9.61. The Kier molecular flexibility index (Phi) is 3.16. The molecule has 0 aliphatic rings. The largest absolute Gasteiger partial charge is 0.395 e. The van der Waals surface area contributed by atoms with E-state index in [1.807, 2.05) is 19.1 Å². The SMILES string of the molecule is CC(CN)(CO)c1ccc(-n2cncn2)nc1. The van der Waals surface area contributed by atoms with Gasteiger partial charge in [0.2, 0.25) is 0 Å². The number of aromatic nitrogens is 4. The van der Waals surface area contributed by atoms with Crippen molar-refractivity contribution in [2.45, 2.75) is 12.3 Å². The molecule has 0 aliphatic heterocycles. The second-order valence-electron chi connectivity index (χ2n) is 4.17. The van der Waals surface area contributed by atoms with Crippen LogP contribution >= 0.6 is 0 Å². The minimum absolute atomic E-state index is 0.00610. The quantitative estimate of drug-likeness (QED) is 0.767. The molecule has 0 bridgehead atoms. The standard InChI is InChI=1S/C11H15N5O/c1-11(5-12,6-17)9-2-3-10(14-4-9)16-8-13-7-15-16/h2-4,7-8,17H,5-6,12H2,1H3. The summed E-state index contributed by atoms with van der Waals surface area (Å²) in [6.07, 6.45) is 4.74. The van der Waals surface area contributed by atoms with Crippen LogP contribution in [0.25, 0.3) is 5.82 Å². The molecule has 0 saturated heterocycles. The lowest BCUT2D eigenvalue weighted by Crippen LogP contribution is -2.35. The van der Waals surface area contributed by atoms with Gasteiger partial charge in [-0.15, -0.1) is 0 Å². The Morgan fingerprint density at radius 2 is 2.29 bits per heavy atom. The molecule has 0 saturated carbocycles. The average Bonchev–Trinajstić information content (AvgIpc) is 2.92. The number of hydrogen-bond donors (Lipinski definition) is 2. The summed E-state index contributed by atoms with van der Waals surface area (Å²) in [4.78, 5) is 8.13. The molecule has 0 aliphatic carbocycles. The van der Waals surface area contributed by atoms with Crippen LogP contribution in [0.5, 0.6) is 0 Å². The lowest BCUT2D eigenvalue weighted by molar-refractivity contribution is 0.210. The number of aliphatic hydroxyl groups excluding tert-OH is 1. The van der Waals surface area contributed by atoms with Crippen molar-refractivity contribution < 1.29 is 5.11 Å². The number of nitrogens with two attached hydrogens (primary N) is 1. The summed E-state index contributed by atoms with van der Waals surface area (Å²) in [5.74, 6) is 0.684. The fraction of sp³-hybridized carbons (Fsp3) is 0.364. The Morgan fingerprint density at radius 3 is 2.76 bits per heavy atom. The van der Waals surface area contributed by atoms with Crippen LogP contribution in [-0.4, -0.2) is 38.0 Å². The summed E-state index contributed by atoms with van der Waals surface area (Å²) in [5.41, 5.74) is 6.13. The summed E-state index contributed by atoms with van der Waals surface area (Å²) >= 11 is 0. The van der Waals surface area contributed by atoms with Gasteiger partial charge in [-0.1, -0.05) is 13.0 Å². The first-order valence-corrected chi connectivity index (χ1v) is 5.32. The van der Waals surface area contributed by atoms with E-state index in [4.69, 9.17) is 5.73 Å². The monoisotopic (exact) mass is 233 g/mol. The van der Waals surface area contributed by atoms with Crippen LogP contribution in [0.15, 0.2) is 31.0 Å². The third kappa shape index (κ3) is 2.17. The highest BCUT2D eigenvalue weighted by Crippen LogP contribution is 2.21. The Hall–Kier alpha value is -1.79. The normalized spacial score (nSPS) is 14.5. The summed E-state index contributed by atoms with van der Waals surface area (Å²) in [5, 5.41) is 13.3. The van der Waals surface area contributed by atoms with Gasteiger partial charge in [-0.2, -0.15) is 5.10 Å². The summed E-state index contributed by atoms with van der Waals surface area (Å²) in [6.45, 7) is 2.26. The van der Waals surface area contributed by atoms with E-state index in [0.717, 1.165) is 5.56 Å². The van der Waals surface area contributed by atoms with Crippen LogP contribution in [0.3, 0.4) is 0 Å². The van der Waals surface area contributed by atoms with Crippen LogP contribution in [-0.2, 0) is 5.41 Å². The number of hydrogen-bond acceptors (Lipinski definition) is 5. The molecule has 0 amide bonds. The van der Waals surface area contributed by atoms with Crippen LogP contribution in [0, 0.1) is 0 Å². The molecule has 2 rings (SSSR count). The molecule has 17 heavy (non-hydrogen) atoms. The molecule has 3 N–H and O–H groups in total. The number of pyridine rings is 1. The zero-order valence-electron chi connectivity index (χ0n) is 9.61. The molecule has 90 valence electrons. The van der Waals surface area contributed by atoms with Crippen molar-refractivity contribution >= 4 is 0 Å². The fourth-order valence-corrected chi connectivity index (χ4v) is 1.48. The summed E-state index contributed by atoms with van der Waals surface area (Å²) < 4.78 is 1.57. The van der Waals surface area contributed by atoms with Gasteiger partial charge in [0.25, 0.3) is 0 Å². The van der Waals surface area contributed by atoms with Gasteiger partial charge >= 0.3 is 0 Å². The molecule has 2 aromatic rings. The topological polar surface area (TPSA) is 89.8 Å². The average molecular weight is 233 g/mol. The van der Waals surface area contributed by atoms with Crippen molar-refractivity contribution in [3.05, 3.63) is 36.5 Å². The zero-order chi connectivity index (χ0) is 12.3. The van der Waals surface area contributed by atoms with E-state index >= 15 is 0 Å². The van der Waals surface area contributed by atoms with Crippen molar-refractivity contribution in [2.75, 3.05) is 13.2 Å². The summed E-state index contributed by atoms with van der Waals surface area (Å²) in [6, 6.07) is 3.72. The van der Waals surface area contributed by atoms with E-state index in [1.54, 1.807) is 17.2 Å². The highest BCUT2D eigenvalue weighted by atomic mass is 16.3.